The van der Waals surface area contributed by atoms with Gasteiger partial charge in [0, 0.05) is 40.5 Å². The van der Waals surface area contributed by atoms with E-state index in [0.717, 1.165) is 6.42 Å². The van der Waals surface area contributed by atoms with Crippen molar-refractivity contribution in [2.75, 3.05) is 57.3 Å². The molecule has 0 amide bonds. The van der Waals surface area contributed by atoms with E-state index in [-0.39, 0.29) is 0 Å². The van der Waals surface area contributed by atoms with Crippen molar-refractivity contribution in [3.63, 3.8) is 0 Å². The number of halogens is 1. The van der Waals surface area contributed by atoms with Gasteiger partial charge in [0.15, 0.2) is 11.6 Å². The highest BCUT2D eigenvalue weighted by molar-refractivity contribution is 5.43. The molecule has 0 fully saturated rings. The van der Waals surface area contributed by atoms with Gasteiger partial charge in [-0.15, -0.1) is 0 Å². The fraction of sp³-hybridized carbons (Fsp3) is 0.692. The van der Waals surface area contributed by atoms with Gasteiger partial charge in [0.2, 0.25) is 5.95 Å². The van der Waals surface area contributed by atoms with Crippen LogP contribution >= 0.6 is 0 Å². The van der Waals surface area contributed by atoms with E-state index in [0.29, 0.717) is 44.6 Å². The van der Waals surface area contributed by atoms with Crippen LogP contribution in [0.25, 0.3) is 0 Å². The Labute approximate surface area is 119 Å². The molecule has 0 radical (unpaired) electrons. The number of nitrogens with zero attached hydrogens (tertiary/aromatic N) is 3. The van der Waals surface area contributed by atoms with Gasteiger partial charge in [-0.1, -0.05) is 0 Å². The summed E-state index contributed by atoms with van der Waals surface area (Å²) in [4.78, 5) is 9.98. The highest BCUT2D eigenvalue weighted by Crippen LogP contribution is 2.17. The second-order valence-electron chi connectivity index (χ2n) is 4.22. The van der Waals surface area contributed by atoms with Crippen LogP contribution in [0.2, 0.25) is 0 Å². The first-order chi connectivity index (χ1) is 9.72. The van der Waals surface area contributed by atoms with Crippen molar-refractivity contribution in [3.8, 4) is 0 Å². The molecule has 0 unspecified atom stereocenters. The number of ether oxygens (including phenoxy) is 2. The zero-order valence-electron chi connectivity index (χ0n) is 12.4. The third-order valence-electron chi connectivity index (χ3n) is 2.70. The SMILES string of the molecule is CCNc1ncc(F)c(N(CCCOC)CCOC)n1. The number of hydrogen-bond acceptors (Lipinski definition) is 6. The Bertz CT molecular complexity index is 393. The lowest BCUT2D eigenvalue weighted by atomic mass is 10.3. The molecule has 0 bridgehead atoms. The minimum atomic E-state index is -0.430. The van der Waals surface area contributed by atoms with Gasteiger partial charge in [-0.3, -0.25) is 0 Å². The molecule has 0 atom stereocenters. The van der Waals surface area contributed by atoms with Gasteiger partial charge in [0.25, 0.3) is 0 Å². The largest absolute Gasteiger partial charge is 0.385 e. The van der Waals surface area contributed by atoms with E-state index in [1.807, 2.05) is 11.8 Å². The van der Waals surface area contributed by atoms with E-state index in [9.17, 15) is 4.39 Å². The summed E-state index contributed by atoms with van der Waals surface area (Å²) in [6, 6.07) is 0. The van der Waals surface area contributed by atoms with Crippen LogP contribution in [-0.2, 0) is 9.47 Å². The lowest BCUT2D eigenvalue weighted by molar-refractivity contribution is 0.190. The van der Waals surface area contributed by atoms with E-state index in [4.69, 9.17) is 9.47 Å². The minimum absolute atomic E-state index is 0.295. The standard InChI is InChI=1S/C13H23FN4O2/c1-4-15-13-16-10-11(14)12(17-13)18(7-9-20-3)6-5-8-19-2/h10H,4-9H2,1-3H3,(H,15,16,17). The summed E-state index contributed by atoms with van der Waals surface area (Å²) >= 11 is 0. The van der Waals surface area contributed by atoms with E-state index in [1.54, 1.807) is 14.2 Å². The van der Waals surface area contributed by atoms with Crippen molar-refractivity contribution in [1.29, 1.82) is 0 Å². The number of nitrogens with one attached hydrogen (secondary N) is 1. The number of methoxy groups -OCH3 is 2. The molecule has 7 heteroatoms. The smallest absolute Gasteiger partial charge is 0.224 e. The predicted octanol–water partition coefficient (Wildman–Crippen LogP) is 1.54. The molecule has 0 spiro atoms. The Balaban J connectivity index is 2.83. The Hall–Kier alpha value is -1.47. The van der Waals surface area contributed by atoms with Crippen LogP contribution < -0.4 is 10.2 Å². The van der Waals surface area contributed by atoms with Crippen molar-refractivity contribution >= 4 is 11.8 Å². The number of aromatic nitrogens is 2. The van der Waals surface area contributed by atoms with Gasteiger partial charge in [0.1, 0.15) is 0 Å². The van der Waals surface area contributed by atoms with Crippen LogP contribution in [0, 0.1) is 5.82 Å². The molecular formula is C13H23FN4O2. The molecule has 0 aromatic carbocycles. The summed E-state index contributed by atoms with van der Waals surface area (Å²) < 4.78 is 24.0. The molecule has 0 saturated heterocycles. The second kappa shape index (κ2) is 9.44. The molecule has 20 heavy (non-hydrogen) atoms. The summed E-state index contributed by atoms with van der Waals surface area (Å²) in [6.45, 7) is 4.97. The molecule has 1 aromatic heterocycles. The molecule has 0 aliphatic carbocycles. The van der Waals surface area contributed by atoms with Crippen molar-refractivity contribution < 1.29 is 13.9 Å². The Morgan fingerprint density at radius 2 is 2.00 bits per heavy atom. The van der Waals surface area contributed by atoms with Crippen molar-refractivity contribution in [2.45, 2.75) is 13.3 Å². The molecule has 1 N–H and O–H groups in total. The van der Waals surface area contributed by atoms with Crippen molar-refractivity contribution in [2.24, 2.45) is 0 Å². The molecule has 1 rings (SSSR count). The second-order valence-corrected chi connectivity index (χ2v) is 4.22. The monoisotopic (exact) mass is 286 g/mol. The summed E-state index contributed by atoms with van der Waals surface area (Å²) in [5.74, 6) is 0.294. The maximum Gasteiger partial charge on any atom is 0.224 e. The lowest BCUT2D eigenvalue weighted by Gasteiger charge is -2.24. The van der Waals surface area contributed by atoms with Gasteiger partial charge >= 0.3 is 0 Å². The molecular weight excluding hydrogens is 263 g/mol. The van der Waals surface area contributed by atoms with Crippen LogP contribution in [0.1, 0.15) is 13.3 Å². The van der Waals surface area contributed by atoms with Gasteiger partial charge in [-0.05, 0) is 13.3 Å². The first kappa shape index (κ1) is 16.6. The van der Waals surface area contributed by atoms with Crippen LogP contribution in [0.3, 0.4) is 0 Å². The van der Waals surface area contributed by atoms with Crippen LogP contribution in [0.4, 0.5) is 16.2 Å². The lowest BCUT2D eigenvalue weighted by Crippen LogP contribution is -2.31. The summed E-state index contributed by atoms with van der Waals surface area (Å²) in [7, 11) is 3.27. The Morgan fingerprint density at radius 1 is 1.25 bits per heavy atom. The average Bonchev–Trinajstić information content (AvgIpc) is 2.45. The summed E-state index contributed by atoms with van der Waals surface area (Å²) in [5.41, 5.74) is 0. The number of rotatable bonds is 10. The molecule has 0 saturated carbocycles. The van der Waals surface area contributed by atoms with Gasteiger partial charge < -0.3 is 19.7 Å². The highest BCUT2D eigenvalue weighted by atomic mass is 19.1. The van der Waals surface area contributed by atoms with E-state index in [1.165, 1.54) is 6.20 Å². The zero-order chi connectivity index (χ0) is 14.8. The number of anilines is 2. The summed E-state index contributed by atoms with van der Waals surface area (Å²) in [6.07, 6.45) is 1.98. The predicted molar refractivity (Wildman–Crippen MR) is 76.7 cm³/mol. The normalized spacial score (nSPS) is 10.6. The molecule has 0 aliphatic rings. The fourth-order valence-corrected chi connectivity index (χ4v) is 1.75. The van der Waals surface area contributed by atoms with Gasteiger partial charge in [0.05, 0.1) is 12.8 Å². The molecule has 0 aliphatic heterocycles. The van der Waals surface area contributed by atoms with Crippen molar-refractivity contribution in [3.05, 3.63) is 12.0 Å². The topological polar surface area (TPSA) is 59.5 Å². The van der Waals surface area contributed by atoms with Crippen LogP contribution in [-0.4, -0.2) is 57.0 Å². The fourth-order valence-electron chi connectivity index (χ4n) is 1.75. The van der Waals surface area contributed by atoms with Crippen LogP contribution in [0.15, 0.2) is 6.20 Å². The Morgan fingerprint density at radius 3 is 2.65 bits per heavy atom. The third-order valence-corrected chi connectivity index (χ3v) is 2.70. The van der Waals surface area contributed by atoms with E-state index >= 15 is 0 Å². The van der Waals surface area contributed by atoms with Gasteiger partial charge in [-0.25, -0.2) is 9.37 Å². The quantitative estimate of drug-likeness (QED) is 0.658. The summed E-state index contributed by atoms with van der Waals surface area (Å²) in [5, 5.41) is 2.98. The first-order valence-electron chi connectivity index (χ1n) is 6.72. The Kier molecular flexibility index (Phi) is 7.82. The molecule has 1 heterocycles. The average molecular weight is 286 g/mol. The van der Waals surface area contributed by atoms with E-state index in [2.05, 4.69) is 15.3 Å². The van der Waals surface area contributed by atoms with Crippen LogP contribution in [0.5, 0.6) is 0 Å². The molecule has 1 aromatic rings. The maximum atomic E-state index is 13.9. The van der Waals surface area contributed by atoms with E-state index < -0.39 is 5.82 Å². The van der Waals surface area contributed by atoms with Gasteiger partial charge in [-0.2, -0.15) is 4.98 Å². The zero-order valence-corrected chi connectivity index (χ0v) is 12.4. The molecule has 114 valence electrons. The highest BCUT2D eigenvalue weighted by Gasteiger charge is 2.14. The minimum Gasteiger partial charge on any atom is -0.385 e. The third kappa shape index (κ3) is 5.26. The molecule has 6 nitrogen and oxygen atoms in total. The first-order valence-corrected chi connectivity index (χ1v) is 6.72. The van der Waals surface area contributed by atoms with Crippen molar-refractivity contribution in [1.82, 2.24) is 9.97 Å². The maximum absolute atomic E-state index is 13.9. The number of hydrogen-bond donors (Lipinski definition) is 1.